The Morgan fingerprint density at radius 2 is 1.81 bits per heavy atom. The second kappa shape index (κ2) is 6.51. The molecule has 4 nitrogen and oxygen atoms in total. The van der Waals surface area contributed by atoms with Crippen molar-refractivity contribution in [2.75, 3.05) is 13.7 Å². The maximum atomic E-state index is 11.7. The predicted molar refractivity (Wildman–Crippen MR) is 58.7 cm³/mol. The van der Waals surface area contributed by atoms with E-state index in [2.05, 4.69) is 0 Å². The first kappa shape index (κ1) is 13.0. The first-order chi connectivity index (χ1) is 7.70. The van der Waals surface area contributed by atoms with Crippen molar-refractivity contribution in [3.05, 3.63) is 0 Å². The third kappa shape index (κ3) is 3.22. The van der Waals surface area contributed by atoms with Gasteiger partial charge >= 0.3 is 11.9 Å². The van der Waals surface area contributed by atoms with Crippen molar-refractivity contribution in [1.82, 2.24) is 0 Å². The minimum atomic E-state index is -0.717. The van der Waals surface area contributed by atoms with Crippen LogP contribution in [0.15, 0.2) is 0 Å². The van der Waals surface area contributed by atoms with Gasteiger partial charge in [-0.15, -0.1) is 0 Å². The van der Waals surface area contributed by atoms with E-state index in [0.29, 0.717) is 6.61 Å². The van der Waals surface area contributed by atoms with E-state index >= 15 is 0 Å². The summed E-state index contributed by atoms with van der Waals surface area (Å²) in [4.78, 5) is 23.3. The van der Waals surface area contributed by atoms with Gasteiger partial charge in [0.15, 0.2) is 5.92 Å². The fourth-order valence-electron chi connectivity index (χ4n) is 2.31. The maximum Gasteiger partial charge on any atom is 0.320 e. The lowest BCUT2D eigenvalue weighted by molar-refractivity contribution is -0.163. The van der Waals surface area contributed by atoms with Crippen molar-refractivity contribution in [2.24, 2.45) is 11.8 Å². The normalized spacial score (nSPS) is 18.9. The third-order valence-corrected chi connectivity index (χ3v) is 3.12. The molecule has 0 saturated heterocycles. The van der Waals surface area contributed by atoms with E-state index in [1.54, 1.807) is 6.92 Å². The van der Waals surface area contributed by atoms with Gasteiger partial charge in [0, 0.05) is 0 Å². The van der Waals surface area contributed by atoms with E-state index < -0.39 is 17.9 Å². The molecular formula is C12H20O4. The Labute approximate surface area is 96.3 Å². The quantitative estimate of drug-likeness (QED) is 0.545. The van der Waals surface area contributed by atoms with Crippen molar-refractivity contribution in [3.63, 3.8) is 0 Å². The van der Waals surface area contributed by atoms with Crippen LogP contribution in [0.4, 0.5) is 0 Å². The number of ether oxygens (including phenoxy) is 2. The summed E-state index contributed by atoms with van der Waals surface area (Å²) in [7, 11) is 1.32. The summed E-state index contributed by atoms with van der Waals surface area (Å²) in [6, 6.07) is 0. The van der Waals surface area contributed by atoms with Crippen molar-refractivity contribution in [2.45, 2.75) is 39.0 Å². The predicted octanol–water partition coefficient (Wildman–Crippen LogP) is 1.92. The highest BCUT2D eigenvalue weighted by molar-refractivity contribution is 5.95. The van der Waals surface area contributed by atoms with Crippen LogP contribution in [0.2, 0.25) is 0 Å². The molecule has 0 heterocycles. The summed E-state index contributed by atoms with van der Waals surface area (Å²) in [6.45, 7) is 2.05. The van der Waals surface area contributed by atoms with Gasteiger partial charge in [-0.1, -0.05) is 19.3 Å². The summed E-state index contributed by atoms with van der Waals surface area (Å²) in [5.74, 6) is -1.50. The fourth-order valence-corrected chi connectivity index (χ4v) is 2.31. The van der Waals surface area contributed by atoms with Gasteiger partial charge < -0.3 is 9.47 Å². The molecule has 0 aliphatic heterocycles. The van der Waals surface area contributed by atoms with Crippen LogP contribution in [-0.2, 0) is 19.1 Å². The lowest BCUT2D eigenvalue weighted by Crippen LogP contribution is -2.35. The smallest absolute Gasteiger partial charge is 0.320 e. The first-order valence-electron chi connectivity index (χ1n) is 5.95. The highest BCUT2D eigenvalue weighted by Gasteiger charge is 2.37. The van der Waals surface area contributed by atoms with Crippen molar-refractivity contribution in [3.8, 4) is 0 Å². The number of methoxy groups -OCH3 is 1. The van der Waals surface area contributed by atoms with E-state index in [-0.39, 0.29) is 5.92 Å². The summed E-state index contributed by atoms with van der Waals surface area (Å²) in [6.07, 6.45) is 5.18. The number of esters is 2. The van der Waals surface area contributed by atoms with Crippen LogP contribution in [-0.4, -0.2) is 25.7 Å². The average molecular weight is 228 g/mol. The molecule has 1 atom stereocenters. The van der Waals surface area contributed by atoms with E-state index in [1.807, 2.05) is 0 Å². The molecule has 1 fully saturated rings. The van der Waals surface area contributed by atoms with E-state index in [4.69, 9.17) is 9.47 Å². The minimum Gasteiger partial charge on any atom is -0.468 e. The van der Waals surface area contributed by atoms with Gasteiger partial charge in [0.25, 0.3) is 0 Å². The molecular weight excluding hydrogens is 208 g/mol. The van der Waals surface area contributed by atoms with Crippen LogP contribution < -0.4 is 0 Å². The molecule has 1 unspecified atom stereocenters. The van der Waals surface area contributed by atoms with E-state index in [9.17, 15) is 9.59 Å². The zero-order chi connectivity index (χ0) is 12.0. The average Bonchev–Trinajstić information content (AvgIpc) is 2.31. The molecule has 0 spiro atoms. The maximum absolute atomic E-state index is 11.7. The first-order valence-corrected chi connectivity index (χ1v) is 5.95. The molecule has 1 aliphatic carbocycles. The third-order valence-electron chi connectivity index (χ3n) is 3.12. The van der Waals surface area contributed by atoms with Crippen LogP contribution in [0.5, 0.6) is 0 Å². The molecule has 16 heavy (non-hydrogen) atoms. The zero-order valence-electron chi connectivity index (χ0n) is 10.0. The van der Waals surface area contributed by atoms with Gasteiger partial charge in [-0.25, -0.2) is 0 Å². The Balaban J connectivity index is 2.68. The Morgan fingerprint density at radius 1 is 1.19 bits per heavy atom. The number of hydrogen-bond donors (Lipinski definition) is 0. The Morgan fingerprint density at radius 3 is 2.31 bits per heavy atom. The van der Waals surface area contributed by atoms with Gasteiger partial charge in [0.1, 0.15) is 0 Å². The van der Waals surface area contributed by atoms with Crippen molar-refractivity contribution >= 4 is 11.9 Å². The molecule has 0 aromatic heterocycles. The van der Waals surface area contributed by atoms with E-state index in [1.165, 1.54) is 13.5 Å². The molecule has 0 N–H and O–H groups in total. The lowest BCUT2D eigenvalue weighted by atomic mass is 9.80. The Bertz CT molecular complexity index is 243. The zero-order valence-corrected chi connectivity index (χ0v) is 10.0. The topological polar surface area (TPSA) is 52.6 Å². The monoisotopic (exact) mass is 228 g/mol. The van der Waals surface area contributed by atoms with Gasteiger partial charge in [0.05, 0.1) is 13.7 Å². The standard InChI is InChI=1S/C12H20O4/c1-3-16-12(14)10(11(13)15-2)9-7-5-4-6-8-9/h9-10H,3-8H2,1-2H3. The molecule has 92 valence electrons. The van der Waals surface area contributed by atoms with E-state index in [0.717, 1.165) is 25.7 Å². The van der Waals surface area contributed by atoms with Gasteiger partial charge in [0.2, 0.25) is 0 Å². The summed E-state index contributed by atoms with van der Waals surface area (Å²) in [5, 5.41) is 0. The minimum absolute atomic E-state index is 0.0975. The van der Waals surface area contributed by atoms with Crippen LogP contribution >= 0.6 is 0 Å². The number of carbonyl (C=O) groups excluding carboxylic acids is 2. The summed E-state index contributed by atoms with van der Waals surface area (Å²) < 4.78 is 9.63. The largest absolute Gasteiger partial charge is 0.468 e. The second-order valence-electron chi connectivity index (χ2n) is 4.15. The molecule has 0 amide bonds. The van der Waals surface area contributed by atoms with Gasteiger partial charge in [-0.3, -0.25) is 9.59 Å². The molecule has 0 radical (unpaired) electrons. The van der Waals surface area contributed by atoms with Crippen LogP contribution in [0.25, 0.3) is 0 Å². The van der Waals surface area contributed by atoms with Crippen molar-refractivity contribution in [1.29, 1.82) is 0 Å². The summed E-state index contributed by atoms with van der Waals surface area (Å²) >= 11 is 0. The Hall–Kier alpha value is -1.06. The lowest BCUT2D eigenvalue weighted by Gasteiger charge is -2.26. The molecule has 1 rings (SSSR count). The number of carbonyl (C=O) groups is 2. The second-order valence-corrected chi connectivity index (χ2v) is 4.15. The molecule has 1 saturated carbocycles. The summed E-state index contributed by atoms with van der Waals surface area (Å²) in [5.41, 5.74) is 0. The SMILES string of the molecule is CCOC(=O)C(C(=O)OC)C1CCCCC1. The van der Waals surface area contributed by atoms with Gasteiger partial charge in [-0.2, -0.15) is 0 Å². The molecule has 4 heteroatoms. The highest BCUT2D eigenvalue weighted by Crippen LogP contribution is 2.31. The molecule has 0 aromatic carbocycles. The van der Waals surface area contributed by atoms with Crippen LogP contribution in [0.1, 0.15) is 39.0 Å². The molecule has 1 aliphatic rings. The Kier molecular flexibility index (Phi) is 5.29. The highest BCUT2D eigenvalue weighted by atomic mass is 16.5. The van der Waals surface area contributed by atoms with Crippen molar-refractivity contribution < 1.29 is 19.1 Å². The van der Waals surface area contributed by atoms with Crippen LogP contribution in [0, 0.1) is 11.8 Å². The number of rotatable bonds is 4. The van der Waals surface area contributed by atoms with Gasteiger partial charge in [-0.05, 0) is 25.7 Å². The fraction of sp³-hybridized carbons (Fsp3) is 0.833. The molecule has 0 bridgehead atoms. The molecule has 0 aromatic rings. The number of hydrogen-bond acceptors (Lipinski definition) is 4. The van der Waals surface area contributed by atoms with Crippen LogP contribution in [0.3, 0.4) is 0 Å².